The maximum Gasteiger partial charge on any atom is 0.341 e. The Bertz CT molecular complexity index is 1300. The van der Waals surface area contributed by atoms with Gasteiger partial charge in [-0.2, -0.15) is 5.10 Å². The smallest absolute Gasteiger partial charge is 0.341 e. The van der Waals surface area contributed by atoms with Crippen LogP contribution in [0.25, 0.3) is 22.5 Å². The van der Waals surface area contributed by atoms with Gasteiger partial charge in [0.1, 0.15) is 17.3 Å². The van der Waals surface area contributed by atoms with Crippen molar-refractivity contribution in [2.45, 2.75) is 19.9 Å². The summed E-state index contributed by atoms with van der Waals surface area (Å²) in [6, 6.07) is 21.5. The number of aryl methyl sites for hydroxylation is 1. The number of rotatable bonds is 9. The SMILES string of the molecule is CCc1ccc(OCC(=O)O)c(-c2cc(-c3ccc(F)cc3)n(Cc3ccccc3OC)n2)c1. The lowest BCUT2D eigenvalue weighted by molar-refractivity contribution is -0.139. The van der Waals surface area contributed by atoms with Crippen LogP contribution in [-0.2, 0) is 17.8 Å². The lowest BCUT2D eigenvalue weighted by atomic mass is 10.0. The van der Waals surface area contributed by atoms with Crippen molar-refractivity contribution in [2.75, 3.05) is 13.7 Å². The van der Waals surface area contributed by atoms with E-state index in [2.05, 4.69) is 0 Å². The molecule has 0 aliphatic heterocycles. The minimum atomic E-state index is -1.06. The molecule has 3 aromatic carbocycles. The fourth-order valence-electron chi connectivity index (χ4n) is 3.78. The molecule has 0 saturated carbocycles. The molecule has 174 valence electrons. The molecule has 0 saturated heterocycles. The fourth-order valence-corrected chi connectivity index (χ4v) is 3.78. The molecule has 0 radical (unpaired) electrons. The van der Waals surface area contributed by atoms with E-state index in [9.17, 15) is 9.18 Å². The third kappa shape index (κ3) is 5.09. The van der Waals surface area contributed by atoms with E-state index in [4.69, 9.17) is 19.7 Å². The Morgan fingerprint density at radius 3 is 2.50 bits per heavy atom. The van der Waals surface area contributed by atoms with Crippen molar-refractivity contribution in [3.8, 4) is 34.0 Å². The number of aliphatic carboxylic acids is 1. The summed E-state index contributed by atoms with van der Waals surface area (Å²) in [6.07, 6.45) is 0.805. The third-order valence-corrected chi connectivity index (χ3v) is 5.51. The number of hydrogen-bond donors (Lipinski definition) is 1. The molecule has 6 nitrogen and oxygen atoms in total. The van der Waals surface area contributed by atoms with Gasteiger partial charge in [0.25, 0.3) is 0 Å². The van der Waals surface area contributed by atoms with Crippen molar-refractivity contribution in [1.29, 1.82) is 0 Å². The van der Waals surface area contributed by atoms with E-state index in [0.29, 0.717) is 23.6 Å². The van der Waals surface area contributed by atoms with Crippen molar-refractivity contribution in [3.63, 3.8) is 0 Å². The predicted octanol–water partition coefficient (Wildman–Crippen LogP) is 5.44. The molecule has 4 aromatic rings. The van der Waals surface area contributed by atoms with Crippen LogP contribution in [0, 0.1) is 5.82 Å². The zero-order chi connectivity index (χ0) is 24.1. The van der Waals surface area contributed by atoms with E-state index in [1.165, 1.54) is 12.1 Å². The van der Waals surface area contributed by atoms with Crippen LogP contribution in [-0.4, -0.2) is 34.6 Å². The number of para-hydroxylation sites is 1. The topological polar surface area (TPSA) is 73.6 Å². The largest absolute Gasteiger partial charge is 0.496 e. The minimum Gasteiger partial charge on any atom is -0.496 e. The molecule has 0 bridgehead atoms. The van der Waals surface area contributed by atoms with Crippen LogP contribution in [0.3, 0.4) is 0 Å². The Kier molecular flexibility index (Phi) is 6.92. The molecule has 0 fully saturated rings. The molecule has 1 N–H and O–H groups in total. The Labute approximate surface area is 197 Å². The monoisotopic (exact) mass is 460 g/mol. The van der Waals surface area contributed by atoms with Gasteiger partial charge in [0.05, 0.1) is 25.0 Å². The highest BCUT2D eigenvalue weighted by Crippen LogP contribution is 2.34. The zero-order valence-corrected chi connectivity index (χ0v) is 19.0. The van der Waals surface area contributed by atoms with Gasteiger partial charge < -0.3 is 14.6 Å². The lowest BCUT2D eigenvalue weighted by Gasteiger charge is -2.11. The van der Waals surface area contributed by atoms with Gasteiger partial charge in [0.15, 0.2) is 6.61 Å². The second-order valence-electron chi connectivity index (χ2n) is 7.76. The molecule has 0 spiro atoms. The number of carboxylic acid groups (broad SMARTS) is 1. The van der Waals surface area contributed by atoms with Crippen LogP contribution in [0.4, 0.5) is 4.39 Å². The van der Waals surface area contributed by atoms with E-state index in [1.54, 1.807) is 25.3 Å². The summed E-state index contributed by atoms with van der Waals surface area (Å²) in [5.41, 5.74) is 4.92. The van der Waals surface area contributed by atoms with Crippen molar-refractivity contribution in [3.05, 3.63) is 89.7 Å². The van der Waals surface area contributed by atoms with Crippen molar-refractivity contribution < 1.29 is 23.8 Å². The number of methoxy groups -OCH3 is 1. The van der Waals surface area contributed by atoms with Gasteiger partial charge in [-0.05, 0) is 60.5 Å². The van der Waals surface area contributed by atoms with Gasteiger partial charge in [-0.15, -0.1) is 0 Å². The van der Waals surface area contributed by atoms with Crippen molar-refractivity contribution in [1.82, 2.24) is 9.78 Å². The van der Waals surface area contributed by atoms with Crippen LogP contribution in [0.1, 0.15) is 18.1 Å². The van der Waals surface area contributed by atoms with Crippen molar-refractivity contribution >= 4 is 5.97 Å². The average molecular weight is 461 g/mol. The minimum absolute atomic E-state index is 0.320. The number of nitrogens with zero attached hydrogens (tertiary/aromatic N) is 2. The Hall–Kier alpha value is -4.13. The number of ether oxygens (including phenoxy) is 2. The highest BCUT2D eigenvalue weighted by Gasteiger charge is 2.17. The molecular weight excluding hydrogens is 435 g/mol. The Balaban J connectivity index is 1.84. The summed E-state index contributed by atoms with van der Waals surface area (Å²) in [6.45, 7) is 2.02. The number of hydrogen-bond acceptors (Lipinski definition) is 4. The van der Waals surface area contributed by atoms with Gasteiger partial charge in [-0.1, -0.05) is 31.2 Å². The molecule has 0 atom stereocenters. The second kappa shape index (κ2) is 10.2. The highest BCUT2D eigenvalue weighted by molar-refractivity contribution is 5.74. The van der Waals surface area contributed by atoms with E-state index < -0.39 is 12.6 Å². The quantitative estimate of drug-likeness (QED) is 0.360. The first-order valence-electron chi connectivity index (χ1n) is 10.9. The Morgan fingerprint density at radius 1 is 1.03 bits per heavy atom. The molecule has 34 heavy (non-hydrogen) atoms. The zero-order valence-electron chi connectivity index (χ0n) is 19.0. The second-order valence-corrected chi connectivity index (χ2v) is 7.76. The molecule has 1 heterocycles. The predicted molar refractivity (Wildman–Crippen MR) is 128 cm³/mol. The number of aromatic nitrogens is 2. The fraction of sp³-hybridized carbons (Fsp3) is 0.185. The normalized spacial score (nSPS) is 10.8. The summed E-state index contributed by atoms with van der Waals surface area (Å²) in [5.74, 6) is -0.200. The maximum atomic E-state index is 13.6. The number of carbonyl (C=O) groups is 1. The molecule has 0 amide bonds. The van der Waals surface area contributed by atoms with Crippen LogP contribution in [0.15, 0.2) is 72.8 Å². The van der Waals surface area contributed by atoms with Crippen LogP contribution in [0.2, 0.25) is 0 Å². The molecule has 0 aliphatic rings. The van der Waals surface area contributed by atoms with Gasteiger partial charge in [-0.3, -0.25) is 4.68 Å². The van der Waals surface area contributed by atoms with Gasteiger partial charge in [0, 0.05) is 16.7 Å². The summed E-state index contributed by atoms with van der Waals surface area (Å²) < 4.78 is 26.5. The standard InChI is InChI=1S/C27H25FN2O4/c1-3-18-8-13-26(34-17-27(31)32)22(14-18)23-15-24(19-9-11-21(28)12-10-19)30(29-23)16-20-6-4-5-7-25(20)33-2/h4-15H,3,16-17H2,1-2H3,(H,31,32). The summed E-state index contributed by atoms with van der Waals surface area (Å²) >= 11 is 0. The number of halogens is 1. The van der Waals surface area contributed by atoms with E-state index >= 15 is 0 Å². The summed E-state index contributed by atoms with van der Waals surface area (Å²) in [7, 11) is 1.62. The van der Waals surface area contributed by atoms with Crippen LogP contribution >= 0.6 is 0 Å². The first kappa shape index (κ1) is 23.0. The maximum absolute atomic E-state index is 13.6. The molecule has 0 aliphatic carbocycles. The number of carboxylic acids is 1. The molecule has 7 heteroatoms. The number of benzene rings is 3. The molecule has 1 aromatic heterocycles. The van der Waals surface area contributed by atoms with Crippen LogP contribution in [0.5, 0.6) is 11.5 Å². The first-order valence-corrected chi connectivity index (χ1v) is 10.9. The highest BCUT2D eigenvalue weighted by atomic mass is 19.1. The molecule has 0 unspecified atom stereocenters. The Morgan fingerprint density at radius 2 is 1.79 bits per heavy atom. The average Bonchev–Trinajstić information content (AvgIpc) is 3.27. The van der Waals surface area contributed by atoms with E-state index in [1.807, 2.05) is 54.1 Å². The van der Waals surface area contributed by atoms with E-state index in [-0.39, 0.29) is 5.82 Å². The first-order chi connectivity index (χ1) is 16.5. The molecular formula is C27H25FN2O4. The van der Waals surface area contributed by atoms with Crippen molar-refractivity contribution in [2.24, 2.45) is 0 Å². The van der Waals surface area contributed by atoms with Gasteiger partial charge >= 0.3 is 5.97 Å². The lowest BCUT2D eigenvalue weighted by Crippen LogP contribution is -2.10. The molecule has 4 rings (SSSR count). The third-order valence-electron chi connectivity index (χ3n) is 5.51. The summed E-state index contributed by atoms with van der Waals surface area (Å²) in [5, 5.41) is 13.9. The summed E-state index contributed by atoms with van der Waals surface area (Å²) in [4.78, 5) is 11.1. The van der Waals surface area contributed by atoms with Gasteiger partial charge in [0.2, 0.25) is 0 Å². The van der Waals surface area contributed by atoms with E-state index in [0.717, 1.165) is 34.6 Å². The van der Waals surface area contributed by atoms with Gasteiger partial charge in [-0.25, -0.2) is 9.18 Å². The van der Waals surface area contributed by atoms with Crippen LogP contribution < -0.4 is 9.47 Å².